The van der Waals surface area contributed by atoms with Gasteiger partial charge in [-0.15, -0.1) is 0 Å². The largest absolute Gasteiger partial charge is 0.756 e. The van der Waals surface area contributed by atoms with Crippen LogP contribution in [0.4, 0.5) is 0 Å². The Morgan fingerprint density at radius 3 is 1.49 bits per heavy atom. The van der Waals surface area contributed by atoms with Crippen molar-refractivity contribution < 1.29 is 37.3 Å². The first-order chi connectivity index (χ1) is 26.6. The van der Waals surface area contributed by atoms with Crippen LogP contribution in [0.5, 0.6) is 0 Å². The SMILES string of the molecule is CCCCCCC/C=C\C/C=C\C/C=C\CCCCCCCCCCCCC(=O)OC(COCCCCCCCCCC)COP(=O)([O-])OCC[N+](C)(C)C. The molecule has 0 aromatic rings. The molecule has 0 rings (SSSR count). The zero-order valence-corrected chi connectivity index (χ0v) is 37.5. The number of hydrogen-bond acceptors (Lipinski definition) is 7. The first-order valence-corrected chi connectivity index (χ1v) is 24.2. The molecule has 9 heteroatoms. The van der Waals surface area contributed by atoms with Gasteiger partial charge in [-0.2, -0.15) is 0 Å². The number of carbonyl (C=O) groups is 1. The average Bonchev–Trinajstić information content (AvgIpc) is 3.13. The van der Waals surface area contributed by atoms with Crippen molar-refractivity contribution in [2.45, 2.75) is 200 Å². The van der Waals surface area contributed by atoms with Gasteiger partial charge in [0.1, 0.15) is 19.3 Å². The third-order valence-electron chi connectivity index (χ3n) is 9.69. The smallest absolute Gasteiger partial charge is 0.306 e. The van der Waals surface area contributed by atoms with E-state index in [4.69, 9.17) is 18.5 Å². The quantitative estimate of drug-likeness (QED) is 0.0200. The topological polar surface area (TPSA) is 94.1 Å². The Morgan fingerprint density at radius 1 is 0.564 bits per heavy atom. The molecule has 2 unspecified atom stereocenters. The zero-order chi connectivity index (χ0) is 40.6. The number of unbranched alkanes of at least 4 members (excludes halogenated alkanes) is 22. The summed E-state index contributed by atoms with van der Waals surface area (Å²) in [5.74, 6) is -0.339. The van der Waals surface area contributed by atoms with Crippen molar-refractivity contribution in [1.29, 1.82) is 0 Å². The van der Waals surface area contributed by atoms with Crippen molar-refractivity contribution in [1.82, 2.24) is 0 Å². The molecule has 0 saturated heterocycles. The van der Waals surface area contributed by atoms with E-state index in [2.05, 4.69) is 50.3 Å². The van der Waals surface area contributed by atoms with Gasteiger partial charge in [0.15, 0.2) is 0 Å². The molecule has 0 amide bonds. The third-order valence-corrected chi connectivity index (χ3v) is 10.7. The van der Waals surface area contributed by atoms with Crippen molar-refractivity contribution in [2.24, 2.45) is 0 Å². The van der Waals surface area contributed by atoms with E-state index in [0.29, 0.717) is 24.1 Å². The highest BCUT2D eigenvalue weighted by atomic mass is 31.2. The molecule has 8 nitrogen and oxygen atoms in total. The molecule has 0 aliphatic carbocycles. The number of phosphoric ester groups is 1. The predicted molar refractivity (Wildman–Crippen MR) is 231 cm³/mol. The molecule has 324 valence electrons. The normalized spacial score (nSPS) is 14.1. The van der Waals surface area contributed by atoms with E-state index in [1.807, 2.05) is 21.1 Å². The molecule has 55 heavy (non-hydrogen) atoms. The Kier molecular flexibility index (Phi) is 38.6. The van der Waals surface area contributed by atoms with Crippen LogP contribution in [-0.2, 0) is 27.9 Å². The van der Waals surface area contributed by atoms with Gasteiger partial charge in [0, 0.05) is 13.0 Å². The fourth-order valence-corrected chi connectivity index (χ4v) is 6.87. The van der Waals surface area contributed by atoms with Crippen LogP contribution in [0.25, 0.3) is 0 Å². The summed E-state index contributed by atoms with van der Waals surface area (Å²) in [7, 11) is 1.35. The highest BCUT2D eigenvalue weighted by Gasteiger charge is 2.20. The predicted octanol–water partition coefficient (Wildman–Crippen LogP) is 12.8. The van der Waals surface area contributed by atoms with Gasteiger partial charge in [0.05, 0.1) is 34.4 Å². The average molecular weight is 798 g/mol. The van der Waals surface area contributed by atoms with Gasteiger partial charge in [-0.05, 0) is 51.4 Å². The number of likely N-dealkylation sites (N-methyl/N-ethyl adjacent to an activating group) is 1. The second kappa shape index (κ2) is 39.5. The Labute approximate surface area is 340 Å². The Balaban J connectivity index is 4.05. The Morgan fingerprint density at radius 2 is 1.00 bits per heavy atom. The third kappa shape index (κ3) is 43.7. The van der Waals surface area contributed by atoms with E-state index in [9.17, 15) is 14.3 Å². The van der Waals surface area contributed by atoms with Crippen molar-refractivity contribution in [3.05, 3.63) is 36.5 Å². The van der Waals surface area contributed by atoms with E-state index >= 15 is 0 Å². The molecule has 0 aliphatic heterocycles. The first-order valence-electron chi connectivity index (χ1n) is 22.7. The molecule has 0 aromatic carbocycles. The molecular formula is C46H88NO7P. The maximum absolute atomic E-state index is 12.6. The molecule has 0 spiro atoms. The van der Waals surface area contributed by atoms with Gasteiger partial charge in [-0.3, -0.25) is 9.36 Å². The van der Waals surface area contributed by atoms with Gasteiger partial charge in [-0.25, -0.2) is 0 Å². The number of quaternary nitrogens is 1. The molecule has 2 atom stereocenters. The summed E-state index contributed by atoms with van der Waals surface area (Å²) >= 11 is 0. The number of esters is 1. The van der Waals surface area contributed by atoms with E-state index < -0.39 is 13.9 Å². The molecule has 0 N–H and O–H groups in total. The summed E-state index contributed by atoms with van der Waals surface area (Å²) in [6.45, 7) is 5.38. The molecule has 0 radical (unpaired) electrons. The van der Waals surface area contributed by atoms with Crippen molar-refractivity contribution in [3.8, 4) is 0 Å². The minimum Gasteiger partial charge on any atom is -0.756 e. The van der Waals surface area contributed by atoms with E-state index in [1.165, 1.54) is 128 Å². The summed E-state index contributed by atoms with van der Waals surface area (Å²) in [5, 5.41) is 0. The van der Waals surface area contributed by atoms with Gasteiger partial charge >= 0.3 is 5.97 Å². The molecule has 0 fully saturated rings. The van der Waals surface area contributed by atoms with Crippen molar-refractivity contribution in [3.63, 3.8) is 0 Å². The first kappa shape index (κ1) is 53.7. The number of allylic oxidation sites excluding steroid dienone is 6. The van der Waals surface area contributed by atoms with Gasteiger partial charge in [-0.1, -0.05) is 172 Å². The monoisotopic (exact) mass is 798 g/mol. The van der Waals surface area contributed by atoms with Gasteiger partial charge < -0.3 is 27.9 Å². The number of carbonyl (C=O) groups excluding carboxylic acids is 1. The number of phosphoric acid groups is 1. The molecule has 0 bridgehead atoms. The second-order valence-electron chi connectivity index (χ2n) is 16.4. The van der Waals surface area contributed by atoms with Crippen molar-refractivity contribution in [2.75, 3.05) is 54.1 Å². The fourth-order valence-electron chi connectivity index (χ4n) is 6.14. The Hall–Kier alpha value is -1.28. The number of hydrogen-bond donors (Lipinski definition) is 0. The summed E-state index contributed by atoms with van der Waals surface area (Å²) in [6, 6.07) is 0. The van der Waals surface area contributed by atoms with Crippen LogP contribution in [0.1, 0.15) is 194 Å². The van der Waals surface area contributed by atoms with Crippen LogP contribution >= 0.6 is 7.82 Å². The van der Waals surface area contributed by atoms with Crippen LogP contribution in [0.3, 0.4) is 0 Å². The maximum Gasteiger partial charge on any atom is 0.306 e. The standard InChI is InChI=1S/C46H88NO7P/c1-6-8-10-12-14-16-17-18-19-20-21-22-23-24-25-26-27-28-29-30-31-32-33-35-37-39-46(48)54-45(43-51-41-38-36-34-15-13-11-9-7-2)44-53-55(49,50)52-42-40-47(3,4)5/h17-18,20-21,23-24,45H,6-16,19,22,25-44H2,1-5H3/b18-17-,21-20-,24-23-. The highest BCUT2D eigenvalue weighted by Crippen LogP contribution is 2.38. The molecular weight excluding hydrogens is 709 g/mol. The lowest BCUT2D eigenvalue weighted by Gasteiger charge is -2.28. The van der Waals surface area contributed by atoms with Crippen LogP contribution in [0, 0.1) is 0 Å². The van der Waals surface area contributed by atoms with E-state index in [0.717, 1.165) is 44.9 Å². The molecule has 0 aliphatic rings. The number of nitrogens with zero attached hydrogens (tertiary/aromatic N) is 1. The van der Waals surface area contributed by atoms with Gasteiger partial charge in [0.25, 0.3) is 7.82 Å². The van der Waals surface area contributed by atoms with E-state index in [-0.39, 0.29) is 25.8 Å². The minimum atomic E-state index is -4.52. The molecule has 0 heterocycles. The Bertz CT molecular complexity index is 978. The van der Waals surface area contributed by atoms with E-state index in [1.54, 1.807) is 0 Å². The highest BCUT2D eigenvalue weighted by molar-refractivity contribution is 7.45. The number of ether oxygens (including phenoxy) is 2. The lowest BCUT2D eigenvalue weighted by atomic mass is 10.0. The maximum atomic E-state index is 12.6. The summed E-state index contributed by atoms with van der Waals surface area (Å²) < 4.78 is 34.5. The second-order valence-corrected chi connectivity index (χ2v) is 17.8. The van der Waals surface area contributed by atoms with Crippen LogP contribution in [0.15, 0.2) is 36.5 Å². The van der Waals surface area contributed by atoms with Crippen LogP contribution in [-0.4, -0.2) is 70.7 Å². The summed E-state index contributed by atoms with van der Waals surface area (Å²) in [5.41, 5.74) is 0. The lowest BCUT2D eigenvalue weighted by molar-refractivity contribution is -0.870. The molecule has 0 aromatic heterocycles. The van der Waals surface area contributed by atoms with Crippen LogP contribution in [0.2, 0.25) is 0 Å². The minimum absolute atomic E-state index is 0.0259. The summed E-state index contributed by atoms with van der Waals surface area (Å²) in [4.78, 5) is 25.0. The fraction of sp³-hybridized carbons (Fsp3) is 0.848. The van der Waals surface area contributed by atoms with Crippen molar-refractivity contribution >= 4 is 13.8 Å². The zero-order valence-electron chi connectivity index (χ0n) is 36.6. The lowest BCUT2D eigenvalue weighted by Crippen LogP contribution is -2.37. The van der Waals surface area contributed by atoms with Crippen LogP contribution < -0.4 is 4.89 Å². The summed E-state index contributed by atoms with van der Waals surface area (Å²) in [6.07, 6.45) is 46.0. The number of rotatable bonds is 42. The molecule has 0 saturated carbocycles. The van der Waals surface area contributed by atoms with Gasteiger partial charge in [0.2, 0.25) is 0 Å².